The Morgan fingerprint density at radius 1 is 0.315 bits per heavy atom. The van der Waals surface area contributed by atoms with Gasteiger partial charge in [-0.1, -0.05) is 60.6 Å². The van der Waals surface area contributed by atoms with Crippen molar-refractivity contribution in [2.24, 2.45) is 70.1 Å². The molecule has 53 heteroatoms. The third-order valence-corrected chi connectivity index (χ3v) is 26.3. The fourth-order valence-electron chi connectivity index (χ4n) is 17.9. The number of cyclic esters (lactones) is 5. The SMILES string of the molecule is CC(C)[C@H](Cc1ccc2c(c1)OCCn1cc(N3C(=O)OC[C@H]3C(F)F)nc1-2)C(N)=O.CC(C)[C@H](Cc1ccc2c(c1)OCCn1cc(N3C(=O)OC[C@H]3C(F)F)nc1-2)C(N)=O.C[C@H](Cc1cc2c(cn1)-c1nc(N3C(=O)OC[C@H]3C(F)F)cn1CCO2)C(N)=O.C[C@H](Cc1ccc2c(n1)OCCn1cc(N3C(=O)OC[C@H]3C(F)F)nc1-2)C(N)=O.C[C@H](Cc1cnc2c(c1)OCCn1cc(N3C(=O)OC[C@H]3C(F)F)nc1-2)C(N)=O. The standard InChI is InChI=1S/2C21H24F2N4O4.3C18H19F2N5O4/c2*1-11(2)14(19(24)28)7-12-3-4-13-16(8-12)30-6-5-26-9-17(25-20(13)26)27-15(18(22)23)10-31-21(27)29;1-9(16(21)26)4-10-5-13-11(6-22-10)17-23-14(7-24(17)2-3-28-13)25-12(15(19)20)8-29-18(25)27;1-9(16(21)26)4-10-5-12-14(22-6-10)17-23-13(7-24(17)2-3-28-12)25-11(15(19)20)8-29-18(25)27;1-9(15(21)26)6-10-2-3-11-16-23-13(7-24(16)4-5-28-17(11)22-10)25-12(14(19)20)8-29-18(25)27/h2*3-4,8-9,11,14-15,18H,5-7,10H2,1-2H3,(H2,24,28);5-7,9,12,15H,2-4,8H2,1H3,(H2,21,26);5-7,9,11,15H,2-4,8H2,1H3,(H2,21,26);2-3,7,9,12,14H,4-6,8H2,1H3,(H2,21,26)/t2*14-,15-;9-,12+;9-,11+;9-,12+/m00111/s1. The van der Waals surface area contributed by atoms with E-state index in [9.17, 15) is 91.8 Å². The largest absolute Gasteiger partial charge is 0.491 e. The monoisotopic (exact) mass is 2090 g/mol. The second-order valence-corrected chi connectivity index (χ2v) is 37.2. The van der Waals surface area contributed by atoms with Gasteiger partial charge >= 0.3 is 30.5 Å². The van der Waals surface area contributed by atoms with Gasteiger partial charge in [-0.2, -0.15) is 0 Å². The van der Waals surface area contributed by atoms with E-state index in [1.54, 1.807) is 92.7 Å². The molecular formula is C96H105F10N23O20. The molecule has 794 valence electrons. The maximum atomic E-state index is 13.3. The average Bonchev–Trinajstić information content (AvgIpc) is 1.64. The van der Waals surface area contributed by atoms with Crippen LogP contribution in [0.15, 0.2) is 104 Å². The molecule has 20 rings (SSSR count). The van der Waals surface area contributed by atoms with Crippen LogP contribution in [0.1, 0.15) is 76.5 Å². The van der Waals surface area contributed by atoms with Gasteiger partial charge in [-0.05, 0) is 90.3 Å². The number of rotatable bonds is 27. The molecule has 149 heavy (non-hydrogen) atoms. The van der Waals surface area contributed by atoms with Crippen molar-refractivity contribution in [2.75, 3.05) is 90.6 Å². The molecule has 0 spiro atoms. The van der Waals surface area contributed by atoms with Crippen molar-refractivity contribution in [2.45, 2.75) is 176 Å². The van der Waals surface area contributed by atoms with E-state index in [1.165, 1.54) is 18.6 Å². The van der Waals surface area contributed by atoms with Gasteiger partial charge in [0.15, 0.2) is 34.9 Å². The molecule has 0 bridgehead atoms. The van der Waals surface area contributed by atoms with Crippen LogP contribution in [0.2, 0.25) is 0 Å². The van der Waals surface area contributed by atoms with Crippen LogP contribution in [0.4, 0.5) is 97.0 Å². The van der Waals surface area contributed by atoms with Gasteiger partial charge in [0.25, 0.3) is 32.1 Å². The highest BCUT2D eigenvalue weighted by Crippen LogP contribution is 2.44. The second-order valence-electron chi connectivity index (χ2n) is 37.2. The molecule has 5 fully saturated rings. The number of ether oxygens (including phenoxy) is 10. The van der Waals surface area contributed by atoms with E-state index in [4.69, 9.17) is 76.0 Å². The number of primary amides is 5. The molecule has 10 aliphatic rings. The van der Waals surface area contributed by atoms with Crippen LogP contribution in [0.5, 0.6) is 28.9 Å². The summed E-state index contributed by atoms with van der Waals surface area (Å²) in [5.74, 6) is 1.78. The van der Waals surface area contributed by atoms with Crippen molar-refractivity contribution in [1.29, 1.82) is 0 Å². The Morgan fingerprint density at radius 2 is 0.617 bits per heavy atom. The molecule has 5 saturated heterocycles. The summed E-state index contributed by atoms with van der Waals surface area (Å²) in [5.41, 5.74) is 33.7. The number of fused-ring (bicyclic) bond motifs is 15. The van der Waals surface area contributed by atoms with Crippen molar-refractivity contribution >= 4 is 89.1 Å². The lowest BCUT2D eigenvalue weighted by Gasteiger charge is -2.18. The fourth-order valence-corrected chi connectivity index (χ4v) is 17.9. The molecule has 43 nitrogen and oxygen atoms in total. The quantitative estimate of drug-likeness (QED) is 0.0236. The van der Waals surface area contributed by atoms with Gasteiger partial charge in [-0.3, -0.25) is 29.0 Å². The number of amides is 10. The molecule has 10 aliphatic heterocycles. The number of aromatic nitrogens is 13. The van der Waals surface area contributed by atoms with Crippen LogP contribution in [-0.2, 0) is 112 Å². The normalized spacial score (nSPS) is 19.1. The summed E-state index contributed by atoms with van der Waals surface area (Å²) >= 11 is 0. The lowest BCUT2D eigenvalue weighted by molar-refractivity contribution is -0.123. The van der Waals surface area contributed by atoms with Crippen molar-refractivity contribution in [3.8, 4) is 85.9 Å². The van der Waals surface area contributed by atoms with Gasteiger partial charge < -0.3 is 98.9 Å². The second kappa shape index (κ2) is 44.7. The Bertz CT molecular complexity index is 6190. The third-order valence-electron chi connectivity index (χ3n) is 26.3. The van der Waals surface area contributed by atoms with Gasteiger partial charge in [-0.25, -0.2) is 127 Å². The summed E-state index contributed by atoms with van der Waals surface area (Å²) in [4.78, 5) is 157. The molecule has 10 aromatic rings. The first-order valence-corrected chi connectivity index (χ1v) is 47.5. The number of pyridine rings is 3. The van der Waals surface area contributed by atoms with Crippen molar-refractivity contribution in [3.05, 3.63) is 132 Å². The number of carbonyl (C=O) groups is 10. The first-order valence-electron chi connectivity index (χ1n) is 47.5. The van der Waals surface area contributed by atoms with E-state index in [0.29, 0.717) is 189 Å². The number of imidazole rings is 5. The smallest absolute Gasteiger partial charge is 0.416 e. The molecule has 2 aromatic carbocycles. The number of anilines is 5. The lowest BCUT2D eigenvalue weighted by atomic mass is 9.88. The molecule has 10 amide bonds. The van der Waals surface area contributed by atoms with E-state index < -0.39 is 117 Å². The summed E-state index contributed by atoms with van der Waals surface area (Å²) in [5, 5.41) is 0. The first-order chi connectivity index (χ1) is 71.1. The molecule has 10 N–H and O–H groups in total. The van der Waals surface area contributed by atoms with Crippen LogP contribution in [0.25, 0.3) is 57.1 Å². The summed E-state index contributed by atoms with van der Waals surface area (Å²) < 4.78 is 195. The predicted molar refractivity (Wildman–Crippen MR) is 506 cm³/mol. The van der Waals surface area contributed by atoms with Gasteiger partial charge in [0.2, 0.25) is 35.4 Å². The third kappa shape index (κ3) is 22.9. The highest BCUT2D eigenvalue weighted by molar-refractivity contribution is 5.94. The number of alkyl halides is 10. The van der Waals surface area contributed by atoms with Crippen LogP contribution in [0, 0.1) is 41.4 Å². The summed E-state index contributed by atoms with van der Waals surface area (Å²) in [6, 6.07) is 11.2. The molecule has 18 heterocycles. The van der Waals surface area contributed by atoms with E-state index in [0.717, 1.165) is 41.2 Å². The number of halogens is 10. The molecule has 10 atom stereocenters. The highest BCUT2D eigenvalue weighted by Gasteiger charge is 2.49. The number of carbonyl (C=O) groups excluding carboxylic acids is 10. The summed E-state index contributed by atoms with van der Waals surface area (Å²) in [6.45, 7) is 14.7. The summed E-state index contributed by atoms with van der Waals surface area (Å²) in [6.07, 6.45) is -5.05. The van der Waals surface area contributed by atoms with Crippen molar-refractivity contribution < 1.29 is 139 Å². The van der Waals surface area contributed by atoms with Gasteiger partial charge in [-0.15, -0.1) is 0 Å². The van der Waals surface area contributed by atoms with Crippen LogP contribution >= 0.6 is 0 Å². The zero-order valence-corrected chi connectivity index (χ0v) is 81.2. The minimum atomic E-state index is -2.76. The number of hydrogen-bond donors (Lipinski definition) is 5. The predicted octanol–water partition coefficient (Wildman–Crippen LogP) is 10.4. The first kappa shape index (κ1) is 106. The highest BCUT2D eigenvalue weighted by atomic mass is 19.3. The maximum absolute atomic E-state index is 13.3. The zero-order valence-electron chi connectivity index (χ0n) is 81.2. The van der Waals surface area contributed by atoms with Gasteiger partial charge in [0.05, 0.1) is 55.0 Å². The van der Waals surface area contributed by atoms with Crippen LogP contribution in [0.3, 0.4) is 0 Å². The van der Waals surface area contributed by atoms with E-state index in [2.05, 4.69) is 39.9 Å². The topological polar surface area (TPSA) is 537 Å². The number of nitrogens with zero attached hydrogens (tertiary/aromatic N) is 18. The average molecular weight is 2090 g/mol. The van der Waals surface area contributed by atoms with E-state index >= 15 is 0 Å². The number of nitrogens with two attached hydrogens (primary N) is 5. The molecule has 8 aromatic heterocycles. The van der Waals surface area contributed by atoms with Crippen LogP contribution < -0.4 is 76.9 Å². The Kier molecular flexibility index (Phi) is 31.7. The van der Waals surface area contributed by atoms with Crippen molar-refractivity contribution in [1.82, 2.24) is 62.7 Å². The fraction of sp³-hybridized carbons (Fsp3) is 0.458. The van der Waals surface area contributed by atoms with Gasteiger partial charge in [0.1, 0.15) is 148 Å². The lowest BCUT2D eigenvalue weighted by Crippen LogP contribution is -2.38. The summed E-state index contributed by atoms with van der Waals surface area (Å²) in [7, 11) is 0. The number of hydrogen-bond acceptors (Lipinski definition) is 28. The Balaban J connectivity index is 0.000000133. The zero-order chi connectivity index (χ0) is 107. The molecular weight excluding hydrogens is 1990 g/mol. The molecule has 0 aliphatic carbocycles. The van der Waals surface area contributed by atoms with Crippen LogP contribution in [-0.4, -0.2) is 251 Å². The minimum absolute atomic E-state index is 0.0777. The van der Waals surface area contributed by atoms with E-state index in [1.807, 2.05) is 64.1 Å². The Morgan fingerprint density at radius 3 is 0.966 bits per heavy atom. The van der Waals surface area contributed by atoms with Gasteiger partial charge in [0, 0.05) is 103 Å². The minimum Gasteiger partial charge on any atom is -0.491 e. The Hall–Kier alpha value is -16.1. The number of benzene rings is 2. The Labute approximate surface area is 841 Å². The van der Waals surface area contributed by atoms with Crippen molar-refractivity contribution in [3.63, 3.8) is 0 Å². The molecule has 0 radical (unpaired) electrons. The molecule has 0 unspecified atom stereocenters. The maximum Gasteiger partial charge on any atom is 0.416 e. The molecule has 0 saturated carbocycles. The van der Waals surface area contributed by atoms with E-state index in [-0.39, 0.29) is 115 Å².